The predicted octanol–water partition coefficient (Wildman–Crippen LogP) is -5.43. The average molecular weight is 1280 g/mol. The number of carbonyl (C=O) groups is 12. The molecule has 2 rings (SSSR count). The number of nitrogens with one attached hydrogen (secondary N) is 10. The third-order valence-corrected chi connectivity index (χ3v) is 14.4. The number of rotatable bonds is 23. The highest BCUT2D eigenvalue weighted by Crippen LogP contribution is 2.25. The van der Waals surface area contributed by atoms with Crippen LogP contribution in [0.1, 0.15) is 126 Å². The van der Waals surface area contributed by atoms with Crippen LogP contribution in [-0.2, 0) is 62.3 Å². The Morgan fingerprint density at radius 3 is 1.72 bits per heavy atom. The van der Waals surface area contributed by atoms with Gasteiger partial charge in [-0.1, -0.05) is 106 Å². The Morgan fingerprint density at radius 2 is 1.19 bits per heavy atom. The Kier molecular flexibility index (Phi) is 32.8. The van der Waals surface area contributed by atoms with Crippen LogP contribution in [0.4, 0.5) is 0 Å². The molecule has 1 saturated heterocycles. The quantitative estimate of drug-likeness (QED) is 0.0210. The standard InChI is InChI=1S/C58H97N15O17/c1-12-30(10)39-53(85)71-40(31(11)75)52(84)64-24-38(76)69-42(45(78)47(60)79)55(87)68-37(25-74)57(89)90-46(32-17-14-13-15-18-32)43(73-51(83)36(23-28(6)7)66-48(80)33(59)21-26(2)3)56(88)72-41(44(77)29(8)9)54(86)67-35(22-27(4)5)50(82)65-34(49(81)70-39)19-16-20-63-58(61)62/h13-15,17-18,26-31,33-37,39-46,74-75,77-78H,12,16,19-25,59H2,1-11H3,(H2,60,79)(H,64,84)(H,65,82)(H,66,80)(H,67,86)(H,68,87)(H,69,76)(H,70,81)(H,71,85)(H,72,88)(H,73,83)(H4,61,62,63). The molecule has 0 bridgehead atoms. The molecule has 1 aliphatic rings. The molecule has 15 unspecified atom stereocenters. The summed E-state index contributed by atoms with van der Waals surface area (Å²) in [4.78, 5) is 174. The smallest absolute Gasteiger partial charge is 0.331 e. The summed E-state index contributed by atoms with van der Waals surface area (Å²) in [6.07, 6.45) is -8.04. The van der Waals surface area contributed by atoms with E-state index in [2.05, 4.69) is 47.5 Å². The van der Waals surface area contributed by atoms with Crippen molar-refractivity contribution in [2.24, 2.45) is 57.5 Å². The van der Waals surface area contributed by atoms with Crippen molar-refractivity contribution in [3.63, 3.8) is 0 Å². The summed E-state index contributed by atoms with van der Waals surface area (Å²) in [7, 11) is 0. The summed E-state index contributed by atoms with van der Waals surface area (Å²) < 4.78 is 5.92. The SMILES string of the molecule is CCC(C)C1NC(=O)C(CCCN=C(N)N)NC(=O)C(CC(C)C)NC(=O)C(C(O)C(C)C)NC(=O)C(NC(=O)C(CC(C)C)NC(=O)C(N)CC(C)C)C(c2ccccc2)OC(=O)C(CO)NC(=O)C(C(O)C(N)=O)NC(=O)CNC(=O)C(C(C)O)NC1=O. The molecule has 0 aromatic heterocycles. The summed E-state index contributed by atoms with van der Waals surface area (Å²) in [6.45, 7) is 15.3. The Labute approximate surface area is 523 Å². The van der Waals surface area contributed by atoms with Crippen LogP contribution in [0.15, 0.2) is 35.3 Å². The van der Waals surface area contributed by atoms with Gasteiger partial charge >= 0.3 is 5.97 Å². The van der Waals surface area contributed by atoms with Gasteiger partial charge in [0.05, 0.1) is 31.4 Å². The third-order valence-electron chi connectivity index (χ3n) is 14.4. The van der Waals surface area contributed by atoms with Crippen LogP contribution >= 0.6 is 0 Å². The Bertz CT molecular complexity index is 2640. The number of aliphatic hydroxyl groups excluding tert-OH is 4. The van der Waals surface area contributed by atoms with Crippen molar-refractivity contribution < 1.29 is 82.7 Å². The number of benzene rings is 1. The van der Waals surface area contributed by atoms with Gasteiger partial charge in [0, 0.05) is 6.54 Å². The first-order valence-corrected chi connectivity index (χ1v) is 30.1. The van der Waals surface area contributed by atoms with Crippen molar-refractivity contribution in [2.45, 2.75) is 200 Å². The third kappa shape index (κ3) is 25.4. The Balaban J connectivity index is 3.13. The number of cyclic esters (lactones) is 1. The molecule has 0 radical (unpaired) electrons. The van der Waals surface area contributed by atoms with E-state index in [1.54, 1.807) is 41.5 Å². The summed E-state index contributed by atoms with van der Waals surface area (Å²) in [5, 5.41) is 68.0. The lowest BCUT2D eigenvalue weighted by atomic mass is 9.95. The molecule has 506 valence electrons. The molecule has 22 N–H and O–H groups in total. The minimum atomic E-state index is -2.57. The topological polar surface area (TPSA) is 532 Å². The largest absolute Gasteiger partial charge is 0.453 e. The van der Waals surface area contributed by atoms with Gasteiger partial charge in [-0.05, 0) is 74.2 Å². The van der Waals surface area contributed by atoms with E-state index in [0.29, 0.717) is 0 Å². The molecule has 15 atom stereocenters. The van der Waals surface area contributed by atoms with Gasteiger partial charge in [-0.3, -0.25) is 57.7 Å². The number of nitrogens with zero attached hydrogens (tertiary/aromatic N) is 1. The summed E-state index contributed by atoms with van der Waals surface area (Å²) in [5.41, 5.74) is 22.6. The Hall–Kier alpha value is -8.07. The zero-order valence-electron chi connectivity index (χ0n) is 53.1. The average Bonchev–Trinajstić information content (AvgIpc) is 1.47. The van der Waals surface area contributed by atoms with Gasteiger partial charge in [0.25, 0.3) is 0 Å². The first-order valence-electron chi connectivity index (χ1n) is 30.1. The van der Waals surface area contributed by atoms with Crippen molar-refractivity contribution in [3.05, 3.63) is 35.9 Å². The second kappa shape index (κ2) is 37.8. The normalized spacial score (nSPS) is 24.7. The van der Waals surface area contributed by atoms with E-state index in [1.165, 1.54) is 44.2 Å². The molecule has 0 aliphatic carbocycles. The van der Waals surface area contributed by atoms with E-state index in [4.69, 9.17) is 27.7 Å². The zero-order chi connectivity index (χ0) is 68.4. The second-order valence-corrected chi connectivity index (χ2v) is 24.1. The highest BCUT2D eigenvalue weighted by atomic mass is 16.5. The van der Waals surface area contributed by atoms with Gasteiger partial charge in [-0.15, -0.1) is 0 Å². The number of esters is 1. The van der Waals surface area contributed by atoms with Crippen LogP contribution in [0.3, 0.4) is 0 Å². The molecule has 11 amide bonds. The number of ether oxygens (including phenoxy) is 1. The Morgan fingerprint density at radius 1 is 0.644 bits per heavy atom. The molecule has 0 saturated carbocycles. The number of carbonyl (C=O) groups excluding carboxylic acids is 12. The number of aliphatic imine (C=N–C) groups is 1. The second-order valence-electron chi connectivity index (χ2n) is 24.1. The fraction of sp³-hybridized carbons (Fsp3) is 0.672. The van der Waals surface area contributed by atoms with Gasteiger partial charge in [0.1, 0.15) is 48.3 Å². The molecular formula is C58H97N15O17. The number of aliphatic hydroxyl groups is 4. The van der Waals surface area contributed by atoms with Crippen molar-refractivity contribution >= 4 is 76.9 Å². The van der Waals surface area contributed by atoms with E-state index in [9.17, 15) is 73.2 Å². The number of primary amides is 1. The number of nitrogens with two attached hydrogens (primary N) is 4. The lowest BCUT2D eigenvalue weighted by Gasteiger charge is -2.34. The van der Waals surface area contributed by atoms with Crippen LogP contribution in [0, 0.1) is 29.6 Å². The molecule has 32 heteroatoms. The van der Waals surface area contributed by atoms with Crippen LogP contribution in [-0.4, -0.2) is 196 Å². The maximum atomic E-state index is 15.3. The molecule has 1 heterocycles. The summed E-state index contributed by atoms with van der Waals surface area (Å²) in [6, 6.07) is -10.7. The number of amides is 11. The first kappa shape index (κ1) is 78.0. The molecule has 1 aromatic rings. The molecule has 32 nitrogen and oxygen atoms in total. The fourth-order valence-corrected chi connectivity index (χ4v) is 9.25. The fourth-order valence-electron chi connectivity index (χ4n) is 9.25. The first-order chi connectivity index (χ1) is 42.0. The van der Waals surface area contributed by atoms with Gasteiger partial charge in [0.2, 0.25) is 65.0 Å². The summed E-state index contributed by atoms with van der Waals surface area (Å²) >= 11 is 0. The molecule has 90 heavy (non-hydrogen) atoms. The molecule has 1 aliphatic heterocycles. The van der Waals surface area contributed by atoms with Crippen molar-refractivity contribution in [1.29, 1.82) is 0 Å². The molecule has 1 aromatic carbocycles. The maximum Gasteiger partial charge on any atom is 0.331 e. The highest BCUT2D eigenvalue weighted by molar-refractivity contribution is 6.00. The van der Waals surface area contributed by atoms with Crippen LogP contribution < -0.4 is 76.1 Å². The van der Waals surface area contributed by atoms with E-state index in [-0.39, 0.29) is 74.3 Å². The molecule has 0 spiro atoms. The van der Waals surface area contributed by atoms with E-state index in [0.717, 1.165) is 6.92 Å². The number of hydrogen-bond acceptors (Lipinski definition) is 19. The van der Waals surface area contributed by atoms with Crippen LogP contribution in [0.2, 0.25) is 0 Å². The van der Waals surface area contributed by atoms with Gasteiger partial charge in [-0.2, -0.15) is 0 Å². The lowest BCUT2D eigenvalue weighted by molar-refractivity contribution is -0.159. The van der Waals surface area contributed by atoms with Gasteiger partial charge < -0.3 is 101 Å². The predicted molar refractivity (Wildman–Crippen MR) is 326 cm³/mol. The monoisotopic (exact) mass is 1280 g/mol. The van der Waals surface area contributed by atoms with E-state index in [1.807, 2.05) is 24.5 Å². The zero-order valence-corrected chi connectivity index (χ0v) is 53.1. The van der Waals surface area contributed by atoms with Crippen LogP contribution in [0.5, 0.6) is 0 Å². The van der Waals surface area contributed by atoms with Crippen molar-refractivity contribution in [1.82, 2.24) is 53.2 Å². The van der Waals surface area contributed by atoms with Crippen molar-refractivity contribution in [3.8, 4) is 0 Å². The molecule has 1 fully saturated rings. The number of guanidine groups is 1. The number of hydrogen-bond donors (Lipinski definition) is 18. The minimum absolute atomic E-state index is 0.0466. The maximum absolute atomic E-state index is 15.3. The highest BCUT2D eigenvalue weighted by Gasteiger charge is 2.44. The van der Waals surface area contributed by atoms with E-state index >= 15 is 4.79 Å². The molecular weight excluding hydrogens is 1180 g/mol. The lowest BCUT2D eigenvalue weighted by Crippen LogP contribution is -2.64. The minimum Gasteiger partial charge on any atom is -0.453 e. The summed E-state index contributed by atoms with van der Waals surface area (Å²) in [5.74, 6) is -17.2. The van der Waals surface area contributed by atoms with Gasteiger partial charge in [-0.25, -0.2) is 4.79 Å². The van der Waals surface area contributed by atoms with Gasteiger partial charge in [0.15, 0.2) is 24.2 Å². The van der Waals surface area contributed by atoms with Crippen molar-refractivity contribution in [2.75, 3.05) is 19.7 Å². The van der Waals surface area contributed by atoms with E-state index < -0.39 is 181 Å². The van der Waals surface area contributed by atoms with Crippen LogP contribution in [0.25, 0.3) is 0 Å².